The van der Waals surface area contributed by atoms with E-state index in [1.807, 2.05) is 30.6 Å². The first-order chi connectivity index (χ1) is 13.9. The minimum Gasteiger partial charge on any atom is -0.286 e. The highest BCUT2D eigenvalue weighted by molar-refractivity contribution is 7.80. The number of pyridine rings is 1. The Morgan fingerprint density at radius 3 is 1.93 bits per heavy atom. The quantitative estimate of drug-likeness (QED) is 0.358. The maximum Gasteiger partial charge on any atom is 0.0811 e. The van der Waals surface area contributed by atoms with Crippen LogP contribution in [0.3, 0.4) is 0 Å². The lowest BCUT2D eigenvalue weighted by Gasteiger charge is -2.21. The van der Waals surface area contributed by atoms with Gasteiger partial charge in [-0.15, -0.1) is 0 Å². The van der Waals surface area contributed by atoms with E-state index in [-0.39, 0.29) is 0 Å². The molecule has 0 saturated carbocycles. The molecule has 0 unspecified atom stereocenters. The molecule has 1 aromatic heterocycles. The first kappa shape index (κ1) is 18.3. The second-order valence-electron chi connectivity index (χ2n) is 6.36. The number of hydrogen-bond donors (Lipinski definition) is 0. The molecule has 0 spiro atoms. The van der Waals surface area contributed by atoms with Crippen molar-refractivity contribution in [1.82, 2.24) is 4.98 Å². The molecule has 0 bridgehead atoms. The Labute approximate surface area is 167 Å². The van der Waals surface area contributed by atoms with Crippen molar-refractivity contribution < 1.29 is 0 Å². The van der Waals surface area contributed by atoms with Gasteiger partial charge in [-0.05, 0) is 36.0 Å². The summed E-state index contributed by atoms with van der Waals surface area (Å²) in [6.45, 7) is 0.587. The minimum atomic E-state index is -0.644. The first-order valence-electron chi connectivity index (χ1n) is 9.31. The van der Waals surface area contributed by atoms with Crippen molar-refractivity contribution in [2.45, 2.75) is 6.54 Å². The highest BCUT2D eigenvalue weighted by Crippen LogP contribution is 2.33. The molecule has 0 amide bonds. The molecule has 0 radical (unpaired) electrons. The summed E-state index contributed by atoms with van der Waals surface area (Å²) < 4.78 is 0. The van der Waals surface area contributed by atoms with Crippen LogP contribution in [0.15, 0.2) is 114 Å². The lowest BCUT2D eigenvalue weighted by atomic mass is 10.2. The van der Waals surface area contributed by atoms with Crippen LogP contribution in [-0.4, -0.2) is 11.2 Å². The Kier molecular flexibility index (Phi) is 6.01. The van der Waals surface area contributed by atoms with E-state index in [1.54, 1.807) is 0 Å². The van der Waals surface area contributed by atoms with Gasteiger partial charge in [0, 0.05) is 18.0 Å². The molecule has 0 fully saturated rings. The summed E-state index contributed by atoms with van der Waals surface area (Å²) in [4.78, 5) is 9.02. The van der Waals surface area contributed by atoms with Gasteiger partial charge in [-0.2, -0.15) is 0 Å². The summed E-state index contributed by atoms with van der Waals surface area (Å²) in [5, 5.41) is 4.00. The molecular formula is C25H21N2P. The van der Waals surface area contributed by atoms with Gasteiger partial charge in [0.1, 0.15) is 0 Å². The van der Waals surface area contributed by atoms with Crippen LogP contribution in [-0.2, 0) is 6.54 Å². The Morgan fingerprint density at radius 1 is 0.679 bits per heavy atom. The van der Waals surface area contributed by atoms with Crippen molar-refractivity contribution in [2.75, 3.05) is 0 Å². The van der Waals surface area contributed by atoms with E-state index < -0.39 is 7.92 Å². The fraction of sp³-hybridized carbons (Fsp3) is 0.0400. The number of aliphatic imine (C=N–C) groups is 1. The fourth-order valence-electron chi connectivity index (χ4n) is 3.11. The van der Waals surface area contributed by atoms with Gasteiger partial charge in [0.05, 0.1) is 12.2 Å². The van der Waals surface area contributed by atoms with Crippen LogP contribution in [0.2, 0.25) is 0 Å². The van der Waals surface area contributed by atoms with E-state index in [1.165, 1.54) is 15.9 Å². The van der Waals surface area contributed by atoms with E-state index in [9.17, 15) is 0 Å². The summed E-state index contributed by atoms with van der Waals surface area (Å²) in [5.74, 6) is 0. The standard InChI is InChI=1S/C25H21N2P/c1-3-13-23(14-4-1)28(24-15-5-2-6-16-24)25-17-8-7-11-21(25)19-26-20-22-12-9-10-18-27-22/h1-19H,20H2. The molecule has 0 saturated heterocycles. The zero-order valence-electron chi connectivity index (χ0n) is 15.5. The predicted octanol–water partition coefficient (Wildman–Crippen LogP) is 4.46. The van der Waals surface area contributed by atoms with Crippen LogP contribution in [0.5, 0.6) is 0 Å². The molecule has 0 aliphatic heterocycles. The normalized spacial score (nSPS) is 11.2. The third-order valence-corrected chi connectivity index (χ3v) is 6.93. The largest absolute Gasteiger partial charge is 0.286 e. The third kappa shape index (κ3) is 4.42. The summed E-state index contributed by atoms with van der Waals surface area (Å²) in [7, 11) is -0.644. The van der Waals surface area contributed by atoms with Crippen molar-refractivity contribution in [2.24, 2.45) is 4.99 Å². The highest BCUT2D eigenvalue weighted by Gasteiger charge is 2.18. The van der Waals surface area contributed by atoms with E-state index in [2.05, 4.69) is 94.9 Å². The molecule has 3 aromatic carbocycles. The second kappa shape index (κ2) is 9.21. The Bertz CT molecular complexity index is 992. The topological polar surface area (TPSA) is 25.2 Å². The zero-order valence-corrected chi connectivity index (χ0v) is 16.4. The van der Waals surface area contributed by atoms with Crippen molar-refractivity contribution in [3.05, 3.63) is 121 Å². The van der Waals surface area contributed by atoms with E-state index in [0.717, 1.165) is 11.3 Å². The van der Waals surface area contributed by atoms with Crippen LogP contribution < -0.4 is 15.9 Å². The molecule has 0 aliphatic carbocycles. The molecular weight excluding hydrogens is 359 g/mol. The van der Waals surface area contributed by atoms with E-state index in [0.29, 0.717) is 6.54 Å². The second-order valence-corrected chi connectivity index (χ2v) is 8.54. The molecule has 28 heavy (non-hydrogen) atoms. The molecule has 3 heteroatoms. The van der Waals surface area contributed by atoms with Crippen molar-refractivity contribution in [1.29, 1.82) is 0 Å². The van der Waals surface area contributed by atoms with Gasteiger partial charge < -0.3 is 0 Å². The van der Waals surface area contributed by atoms with Gasteiger partial charge in [-0.1, -0.05) is 91.0 Å². The Balaban J connectivity index is 1.71. The Morgan fingerprint density at radius 2 is 1.29 bits per heavy atom. The molecule has 4 aromatic rings. The van der Waals surface area contributed by atoms with Crippen LogP contribution in [0.25, 0.3) is 0 Å². The monoisotopic (exact) mass is 380 g/mol. The lowest BCUT2D eigenvalue weighted by molar-refractivity contribution is 0.996. The first-order valence-corrected chi connectivity index (χ1v) is 10.6. The van der Waals surface area contributed by atoms with Gasteiger partial charge in [-0.3, -0.25) is 9.98 Å². The van der Waals surface area contributed by atoms with Crippen LogP contribution in [0, 0.1) is 0 Å². The summed E-state index contributed by atoms with van der Waals surface area (Å²) >= 11 is 0. The molecule has 136 valence electrons. The third-order valence-electron chi connectivity index (χ3n) is 4.42. The minimum absolute atomic E-state index is 0.587. The van der Waals surface area contributed by atoms with Gasteiger partial charge in [0.2, 0.25) is 0 Å². The SMILES string of the molecule is C(=NCc1ccccn1)c1ccccc1P(c1ccccc1)c1ccccc1. The summed E-state index contributed by atoms with van der Waals surface area (Å²) in [5.41, 5.74) is 2.14. The van der Waals surface area contributed by atoms with E-state index >= 15 is 0 Å². The smallest absolute Gasteiger partial charge is 0.0811 e. The number of hydrogen-bond acceptors (Lipinski definition) is 2. The number of rotatable bonds is 6. The number of aromatic nitrogens is 1. The Hall–Kier alpha value is -3.09. The maximum absolute atomic E-state index is 4.67. The number of benzene rings is 3. The van der Waals surface area contributed by atoms with Crippen molar-refractivity contribution in [3.8, 4) is 0 Å². The molecule has 2 nitrogen and oxygen atoms in total. The van der Waals surface area contributed by atoms with Crippen molar-refractivity contribution >= 4 is 30.0 Å². The van der Waals surface area contributed by atoms with Gasteiger partial charge in [-0.25, -0.2) is 0 Å². The molecule has 0 atom stereocenters. The van der Waals surface area contributed by atoms with Gasteiger partial charge in [0.15, 0.2) is 0 Å². The lowest BCUT2D eigenvalue weighted by Crippen LogP contribution is -2.23. The number of nitrogens with zero attached hydrogens (tertiary/aromatic N) is 2. The fourth-order valence-corrected chi connectivity index (χ4v) is 5.53. The molecule has 0 N–H and O–H groups in total. The summed E-state index contributed by atoms with van der Waals surface area (Å²) in [6.07, 6.45) is 3.80. The van der Waals surface area contributed by atoms with Crippen LogP contribution >= 0.6 is 7.92 Å². The van der Waals surface area contributed by atoms with Crippen LogP contribution in [0.4, 0.5) is 0 Å². The van der Waals surface area contributed by atoms with E-state index in [4.69, 9.17) is 0 Å². The summed E-state index contributed by atoms with van der Waals surface area (Å²) in [6, 6.07) is 36.0. The molecule has 4 rings (SSSR count). The van der Waals surface area contributed by atoms with Gasteiger partial charge >= 0.3 is 0 Å². The van der Waals surface area contributed by atoms with Crippen LogP contribution in [0.1, 0.15) is 11.3 Å². The highest BCUT2D eigenvalue weighted by atomic mass is 31.1. The maximum atomic E-state index is 4.67. The zero-order chi connectivity index (χ0) is 19.0. The molecule has 1 heterocycles. The average molecular weight is 380 g/mol. The average Bonchev–Trinajstić information content (AvgIpc) is 2.77. The molecule has 0 aliphatic rings. The predicted molar refractivity (Wildman–Crippen MR) is 121 cm³/mol. The van der Waals surface area contributed by atoms with Gasteiger partial charge in [0.25, 0.3) is 0 Å². The van der Waals surface area contributed by atoms with Crippen molar-refractivity contribution in [3.63, 3.8) is 0 Å².